The molecule has 0 saturated carbocycles. The zero-order valence-corrected chi connectivity index (χ0v) is 28.4. The number of hydrogen-bond acceptors (Lipinski definition) is 5. The molecule has 0 aliphatic heterocycles. The summed E-state index contributed by atoms with van der Waals surface area (Å²) in [7, 11) is 0. The lowest BCUT2D eigenvalue weighted by Gasteiger charge is -2.15. The zero-order valence-electron chi connectivity index (χ0n) is 28.4. The van der Waals surface area contributed by atoms with Crippen molar-refractivity contribution >= 4 is 11.9 Å². The van der Waals surface area contributed by atoms with Crippen LogP contribution in [0.25, 0.3) is 0 Å². The number of aliphatic hydroxyl groups excluding tert-OH is 1. The van der Waals surface area contributed by atoms with Crippen molar-refractivity contribution in [3.8, 4) is 0 Å². The van der Waals surface area contributed by atoms with Crippen LogP contribution in [0.2, 0.25) is 0 Å². The van der Waals surface area contributed by atoms with E-state index in [1.807, 2.05) is 0 Å². The molecule has 0 aliphatic rings. The maximum Gasteiger partial charge on any atom is 0.306 e. The second-order valence-electron chi connectivity index (χ2n) is 11.6. The highest BCUT2D eigenvalue weighted by atomic mass is 16.6. The standard InChI is InChI=1S/C39H66O5/c1-3-5-7-9-11-13-15-17-19-21-23-25-27-29-31-33-38(41)43-36-37(35-40)44-39(42)34-32-30-28-26-24-22-20-18-16-14-12-10-8-6-4-2/h6,8,12,14,17-20,24,26,37,40H,3-5,7,9-11,13,15-16,21-23,25,27-36H2,1-2H3/b8-6-,14-12-,19-17-,20-18-,26-24-. The molecule has 0 fully saturated rings. The molecule has 5 heteroatoms. The molecule has 1 N–H and O–H groups in total. The Labute approximate surface area is 271 Å². The van der Waals surface area contributed by atoms with Crippen LogP contribution < -0.4 is 0 Å². The Hall–Kier alpha value is -2.40. The fourth-order valence-electron chi connectivity index (χ4n) is 4.60. The molecule has 0 rings (SSSR count). The number of carbonyl (C=O) groups excluding carboxylic acids is 2. The minimum Gasteiger partial charge on any atom is -0.462 e. The molecule has 0 radical (unpaired) electrons. The second-order valence-corrected chi connectivity index (χ2v) is 11.6. The molecule has 44 heavy (non-hydrogen) atoms. The number of unbranched alkanes of at least 4 members (excludes halogenated alkanes) is 13. The van der Waals surface area contributed by atoms with Gasteiger partial charge in [0.25, 0.3) is 0 Å². The van der Waals surface area contributed by atoms with E-state index in [-0.39, 0.29) is 25.2 Å². The van der Waals surface area contributed by atoms with Crippen LogP contribution in [0.1, 0.15) is 155 Å². The van der Waals surface area contributed by atoms with Crippen LogP contribution in [0.15, 0.2) is 60.8 Å². The van der Waals surface area contributed by atoms with Crippen LogP contribution in [0.4, 0.5) is 0 Å². The average molecular weight is 615 g/mol. The third kappa shape index (κ3) is 32.5. The normalized spacial score (nSPS) is 12.9. The first-order valence-corrected chi connectivity index (χ1v) is 17.8. The number of hydrogen-bond donors (Lipinski definition) is 1. The fourth-order valence-corrected chi connectivity index (χ4v) is 4.60. The first-order valence-electron chi connectivity index (χ1n) is 17.8. The summed E-state index contributed by atoms with van der Waals surface area (Å²) in [5, 5.41) is 9.51. The van der Waals surface area contributed by atoms with Crippen LogP contribution in [-0.4, -0.2) is 36.4 Å². The predicted molar refractivity (Wildman–Crippen MR) is 187 cm³/mol. The van der Waals surface area contributed by atoms with E-state index in [1.54, 1.807) is 0 Å². The van der Waals surface area contributed by atoms with Crippen molar-refractivity contribution in [2.75, 3.05) is 13.2 Å². The topological polar surface area (TPSA) is 72.8 Å². The van der Waals surface area contributed by atoms with Gasteiger partial charge >= 0.3 is 11.9 Å². The van der Waals surface area contributed by atoms with E-state index in [0.717, 1.165) is 70.6 Å². The van der Waals surface area contributed by atoms with E-state index in [9.17, 15) is 14.7 Å². The van der Waals surface area contributed by atoms with Gasteiger partial charge in [0.15, 0.2) is 6.10 Å². The van der Waals surface area contributed by atoms with E-state index in [4.69, 9.17) is 9.47 Å². The molecular weight excluding hydrogens is 548 g/mol. The van der Waals surface area contributed by atoms with Crippen molar-refractivity contribution in [1.82, 2.24) is 0 Å². The molecule has 5 nitrogen and oxygen atoms in total. The van der Waals surface area contributed by atoms with Crippen LogP contribution in [-0.2, 0) is 19.1 Å². The lowest BCUT2D eigenvalue weighted by Crippen LogP contribution is -2.28. The summed E-state index contributed by atoms with van der Waals surface area (Å²) in [4.78, 5) is 24.1. The SMILES string of the molecule is CC/C=C\C/C=C\C/C=C\C/C=C\CCCCC(=O)OC(CO)COC(=O)CCCCCCC/C=C\CCCCCCCC. The number of ether oxygens (including phenoxy) is 2. The third-order valence-corrected chi connectivity index (χ3v) is 7.30. The minimum atomic E-state index is -0.796. The van der Waals surface area contributed by atoms with E-state index in [0.29, 0.717) is 12.8 Å². The largest absolute Gasteiger partial charge is 0.462 e. The molecule has 0 aromatic rings. The van der Waals surface area contributed by atoms with Gasteiger partial charge in [-0.25, -0.2) is 0 Å². The van der Waals surface area contributed by atoms with Gasteiger partial charge in [-0.15, -0.1) is 0 Å². The fraction of sp³-hybridized carbons (Fsp3) is 0.692. The van der Waals surface area contributed by atoms with Gasteiger partial charge in [0, 0.05) is 12.8 Å². The number of allylic oxidation sites excluding steroid dienone is 10. The van der Waals surface area contributed by atoms with Crippen LogP contribution in [0.5, 0.6) is 0 Å². The summed E-state index contributed by atoms with van der Waals surface area (Å²) in [6, 6.07) is 0. The van der Waals surface area contributed by atoms with Crippen LogP contribution >= 0.6 is 0 Å². The highest BCUT2D eigenvalue weighted by Gasteiger charge is 2.16. The maximum absolute atomic E-state index is 12.1. The van der Waals surface area contributed by atoms with Gasteiger partial charge in [-0.2, -0.15) is 0 Å². The molecule has 0 bridgehead atoms. The molecule has 0 spiro atoms. The molecule has 1 unspecified atom stereocenters. The molecule has 252 valence electrons. The summed E-state index contributed by atoms with van der Waals surface area (Å²) < 4.78 is 10.5. The quantitative estimate of drug-likeness (QED) is 0.0478. The summed E-state index contributed by atoms with van der Waals surface area (Å²) in [5.41, 5.74) is 0. The Morgan fingerprint density at radius 2 is 0.977 bits per heavy atom. The van der Waals surface area contributed by atoms with Crippen molar-refractivity contribution in [1.29, 1.82) is 0 Å². The summed E-state index contributed by atoms with van der Waals surface area (Å²) in [5.74, 6) is -0.655. The lowest BCUT2D eigenvalue weighted by atomic mass is 10.1. The smallest absolute Gasteiger partial charge is 0.306 e. The predicted octanol–water partition coefficient (Wildman–Crippen LogP) is 10.8. The van der Waals surface area contributed by atoms with Gasteiger partial charge in [-0.3, -0.25) is 9.59 Å². The summed E-state index contributed by atoms with van der Waals surface area (Å²) >= 11 is 0. The zero-order chi connectivity index (χ0) is 32.2. The monoisotopic (exact) mass is 614 g/mol. The van der Waals surface area contributed by atoms with Gasteiger partial charge in [0.2, 0.25) is 0 Å². The van der Waals surface area contributed by atoms with E-state index in [2.05, 4.69) is 74.6 Å². The Morgan fingerprint density at radius 3 is 1.55 bits per heavy atom. The highest BCUT2D eigenvalue weighted by molar-refractivity contribution is 5.70. The van der Waals surface area contributed by atoms with Crippen molar-refractivity contribution < 1.29 is 24.2 Å². The molecule has 0 amide bonds. The van der Waals surface area contributed by atoms with E-state index < -0.39 is 6.10 Å². The van der Waals surface area contributed by atoms with Crippen molar-refractivity contribution in [3.63, 3.8) is 0 Å². The second kappa shape index (κ2) is 35.1. The Morgan fingerprint density at radius 1 is 0.545 bits per heavy atom. The molecule has 0 heterocycles. The Kier molecular flexibility index (Phi) is 33.2. The van der Waals surface area contributed by atoms with E-state index >= 15 is 0 Å². The molecule has 1 atom stereocenters. The molecular formula is C39H66O5. The lowest BCUT2D eigenvalue weighted by molar-refractivity contribution is -0.161. The van der Waals surface area contributed by atoms with Crippen molar-refractivity contribution in [2.45, 2.75) is 161 Å². The Balaban J connectivity index is 3.68. The third-order valence-electron chi connectivity index (χ3n) is 7.30. The maximum atomic E-state index is 12.1. The van der Waals surface area contributed by atoms with Gasteiger partial charge in [-0.1, -0.05) is 126 Å². The van der Waals surface area contributed by atoms with Gasteiger partial charge in [0.1, 0.15) is 6.61 Å². The first kappa shape index (κ1) is 41.6. The number of rotatable bonds is 31. The average Bonchev–Trinajstić information content (AvgIpc) is 3.02. The number of esters is 2. The highest BCUT2D eigenvalue weighted by Crippen LogP contribution is 2.11. The van der Waals surface area contributed by atoms with Gasteiger partial charge in [0.05, 0.1) is 6.61 Å². The van der Waals surface area contributed by atoms with Gasteiger partial charge in [-0.05, 0) is 77.0 Å². The number of carbonyl (C=O) groups is 2. The van der Waals surface area contributed by atoms with E-state index in [1.165, 1.54) is 57.8 Å². The first-order chi connectivity index (χ1) is 21.6. The van der Waals surface area contributed by atoms with Crippen LogP contribution in [0.3, 0.4) is 0 Å². The van der Waals surface area contributed by atoms with Crippen molar-refractivity contribution in [2.24, 2.45) is 0 Å². The minimum absolute atomic E-state index is 0.0892. The summed E-state index contributed by atoms with van der Waals surface area (Å²) in [6.45, 7) is 3.95. The molecule has 0 saturated heterocycles. The van der Waals surface area contributed by atoms with Crippen molar-refractivity contribution in [3.05, 3.63) is 60.8 Å². The van der Waals surface area contributed by atoms with Crippen LogP contribution in [0, 0.1) is 0 Å². The molecule has 0 aliphatic carbocycles. The molecule has 0 aromatic heterocycles. The Bertz CT molecular complexity index is 792. The van der Waals surface area contributed by atoms with Gasteiger partial charge < -0.3 is 14.6 Å². The molecule has 0 aromatic carbocycles. The number of aliphatic hydroxyl groups is 1. The summed E-state index contributed by atoms with van der Waals surface area (Å²) in [6.07, 6.45) is 44.2.